The second-order valence-electron chi connectivity index (χ2n) is 9.66. The van der Waals surface area contributed by atoms with Gasteiger partial charge in [0.05, 0.1) is 9.79 Å². The SMILES string of the molecule is Cc1ccc(NC(=O)Nc2ccc3cc(S(=O)O)ccc3c2)cc1NC(=O)Nc1ccc2cc(S(C)(=O)=O)ccc2c1. The Hall–Kier alpha value is -4.78. The number of anilines is 4. The van der Waals surface area contributed by atoms with E-state index < -0.39 is 33.0 Å². The molecule has 0 aliphatic carbocycles. The summed E-state index contributed by atoms with van der Waals surface area (Å²) < 4.78 is 44.2. The highest BCUT2D eigenvalue weighted by molar-refractivity contribution is 7.90. The van der Waals surface area contributed by atoms with Gasteiger partial charge in [-0.25, -0.2) is 22.2 Å². The van der Waals surface area contributed by atoms with Gasteiger partial charge in [-0.15, -0.1) is 0 Å². The molecule has 0 spiro atoms. The minimum absolute atomic E-state index is 0.223. The molecule has 0 radical (unpaired) electrons. The molecule has 0 aromatic heterocycles. The average Bonchev–Trinajstić information content (AvgIpc) is 2.93. The first-order valence-electron chi connectivity index (χ1n) is 12.6. The summed E-state index contributed by atoms with van der Waals surface area (Å²) in [5, 5.41) is 14.1. The average molecular weight is 603 g/mol. The van der Waals surface area contributed by atoms with Crippen LogP contribution in [-0.4, -0.2) is 35.5 Å². The molecular weight excluding hydrogens is 576 g/mol. The molecule has 5 aromatic carbocycles. The largest absolute Gasteiger partial charge is 0.323 e. The summed E-state index contributed by atoms with van der Waals surface area (Å²) in [4.78, 5) is 26.0. The zero-order valence-electron chi connectivity index (χ0n) is 22.5. The summed E-state index contributed by atoms with van der Waals surface area (Å²) in [7, 11) is -3.33. The van der Waals surface area contributed by atoms with Gasteiger partial charge in [-0.2, -0.15) is 0 Å². The van der Waals surface area contributed by atoms with E-state index in [1.54, 1.807) is 84.9 Å². The summed E-state index contributed by atoms with van der Waals surface area (Å²) in [6.07, 6.45) is 1.15. The predicted molar refractivity (Wildman–Crippen MR) is 167 cm³/mol. The van der Waals surface area contributed by atoms with E-state index in [9.17, 15) is 26.8 Å². The van der Waals surface area contributed by atoms with Crippen LogP contribution in [0.1, 0.15) is 5.56 Å². The van der Waals surface area contributed by atoms with Crippen molar-refractivity contribution in [2.24, 2.45) is 0 Å². The molecule has 0 saturated carbocycles. The topological polar surface area (TPSA) is 154 Å². The Morgan fingerprint density at radius 2 is 1.12 bits per heavy atom. The van der Waals surface area contributed by atoms with Crippen LogP contribution in [0.2, 0.25) is 0 Å². The number of aryl methyl sites for hydroxylation is 1. The fourth-order valence-electron chi connectivity index (χ4n) is 4.35. The van der Waals surface area contributed by atoms with Crippen molar-refractivity contribution < 1.29 is 26.8 Å². The van der Waals surface area contributed by atoms with Gasteiger partial charge in [0.1, 0.15) is 0 Å². The number of hydrogen-bond donors (Lipinski definition) is 5. The molecule has 0 bridgehead atoms. The lowest BCUT2D eigenvalue weighted by atomic mass is 10.1. The molecule has 4 amide bonds. The molecule has 0 heterocycles. The van der Waals surface area contributed by atoms with Crippen LogP contribution in [0.4, 0.5) is 32.3 Å². The highest BCUT2D eigenvalue weighted by atomic mass is 32.2. The predicted octanol–water partition coefficient (Wildman–Crippen LogP) is 6.57. The molecule has 0 aliphatic heterocycles. The third-order valence-electron chi connectivity index (χ3n) is 6.51. The molecule has 5 aromatic rings. The van der Waals surface area contributed by atoms with Gasteiger partial charge in [-0.3, -0.25) is 0 Å². The molecule has 0 saturated heterocycles. The third kappa shape index (κ3) is 6.74. The fraction of sp³-hybridized carbons (Fsp3) is 0.0667. The highest BCUT2D eigenvalue weighted by Crippen LogP contribution is 2.25. The van der Waals surface area contributed by atoms with Crippen LogP contribution in [-0.2, 0) is 20.9 Å². The first-order valence-corrected chi connectivity index (χ1v) is 15.6. The lowest BCUT2D eigenvalue weighted by molar-refractivity contribution is 0.261. The van der Waals surface area contributed by atoms with Gasteiger partial charge in [0.15, 0.2) is 20.9 Å². The smallest absolute Gasteiger partial charge is 0.308 e. The van der Waals surface area contributed by atoms with Crippen molar-refractivity contribution >= 4 is 77.3 Å². The van der Waals surface area contributed by atoms with E-state index in [0.29, 0.717) is 27.6 Å². The Bertz CT molecular complexity index is 2010. The molecule has 42 heavy (non-hydrogen) atoms. The molecule has 1 unspecified atom stereocenters. The molecule has 5 N–H and O–H groups in total. The van der Waals surface area contributed by atoms with Gasteiger partial charge in [0.2, 0.25) is 0 Å². The number of carbonyl (C=O) groups excluding carboxylic acids is 2. The van der Waals surface area contributed by atoms with Crippen molar-refractivity contribution in [1.29, 1.82) is 0 Å². The van der Waals surface area contributed by atoms with Gasteiger partial charge in [-0.05, 0) is 94.7 Å². The second-order valence-corrected chi connectivity index (χ2v) is 12.6. The van der Waals surface area contributed by atoms with Crippen molar-refractivity contribution in [3.05, 3.63) is 96.6 Å². The first-order chi connectivity index (χ1) is 19.9. The maximum absolute atomic E-state index is 12.8. The summed E-state index contributed by atoms with van der Waals surface area (Å²) in [5.41, 5.74) is 2.78. The van der Waals surface area contributed by atoms with Crippen LogP contribution in [0, 0.1) is 6.92 Å². The summed E-state index contributed by atoms with van der Waals surface area (Å²) in [6.45, 7) is 1.82. The molecule has 214 valence electrons. The minimum Gasteiger partial charge on any atom is -0.308 e. The number of sulfone groups is 1. The van der Waals surface area contributed by atoms with E-state index in [-0.39, 0.29) is 4.90 Å². The van der Waals surface area contributed by atoms with Gasteiger partial charge < -0.3 is 25.8 Å². The van der Waals surface area contributed by atoms with Crippen LogP contribution in [0.3, 0.4) is 0 Å². The molecule has 10 nitrogen and oxygen atoms in total. The zero-order valence-corrected chi connectivity index (χ0v) is 24.1. The molecular formula is C30H26N4O6S2. The summed E-state index contributed by atoms with van der Waals surface area (Å²) >= 11 is -2.08. The van der Waals surface area contributed by atoms with Gasteiger partial charge in [-0.1, -0.05) is 30.3 Å². The number of fused-ring (bicyclic) bond motifs is 2. The summed E-state index contributed by atoms with van der Waals surface area (Å²) in [6, 6.07) is 24.2. The van der Waals surface area contributed by atoms with E-state index in [4.69, 9.17) is 0 Å². The van der Waals surface area contributed by atoms with Gasteiger partial charge >= 0.3 is 12.1 Å². The van der Waals surface area contributed by atoms with Crippen LogP contribution >= 0.6 is 0 Å². The van der Waals surface area contributed by atoms with E-state index >= 15 is 0 Å². The number of rotatable bonds is 6. The van der Waals surface area contributed by atoms with Gasteiger partial charge in [0.25, 0.3) is 0 Å². The number of urea groups is 2. The van der Waals surface area contributed by atoms with Crippen molar-refractivity contribution in [3.63, 3.8) is 0 Å². The van der Waals surface area contributed by atoms with E-state index in [1.807, 2.05) is 6.92 Å². The van der Waals surface area contributed by atoms with E-state index in [0.717, 1.165) is 33.4 Å². The number of benzene rings is 5. The van der Waals surface area contributed by atoms with Crippen LogP contribution in [0.25, 0.3) is 21.5 Å². The molecule has 5 rings (SSSR count). The second kappa shape index (κ2) is 11.6. The fourth-order valence-corrected chi connectivity index (χ4v) is 5.42. The summed E-state index contributed by atoms with van der Waals surface area (Å²) in [5.74, 6) is 0. The van der Waals surface area contributed by atoms with E-state index in [2.05, 4.69) is 21.3 Å². The van der Waals surface area contributed by atoms with Gasteiger partial charge in [0, 0.05) is 29.0 Å². The zero-order chi connectivity index (χ0) is 30.0. The maximum Gasteiger partial charge on any atom is 0.323 e. The standard InChI is InChI=1S/C30H26N4O6S2/c1-18-3-8-25(33-29(35)31-23-9-4-21-15-26(41(37)38)11-6-19(21)13-23)17-28(18)34-30(36)32-24-10-5-22-16-27(42(2,39)40)12-7-20(22)14-24/h3-17H,1-2H3,(H,37,38)(H2,31,33,35)(H2,32,34,36). The van der Waals surface area contributed by atoms with Crippen molar-refractivity contribution in [2.75, 3.05) is 27.5 Å². The number of nitrogens with one attached hydrogen (secondary N) is 4. The number of amides is 4. The molecule has 12 heteroatoms. The number of carbonyl (C=O) groups is 2. The molecule has 1 atom stereocenters. The van der Waals surface area contributed by atoms with Crippen LogP contribution < -0.4 is 21.3 Å². The first kappa shape index (κ1) is 28.7. The van der Waals surface area contributed by atoms with Crippen LogP contribution in [0.15, 0.2) is 101 Å². The van der Waals surface area contributed by atoms with E-state index in [1.165, 1.54) is 6.07 Å². The Morgan fingerprint density at radius 3 is 1.71 bits per heavy atom. The van der Waals surface area contributed by atoms with Crippen LogP contribution in [0.5, 0.6) is 0 Å². The maximum atomic E-state index is 12.8. The number of hydrogen-bond acceptors (Lipinski definition) is 5. The Balaban J connectivity index is 1.23. The van der Waals surface area contributed by atoms with Crippen molar-refractivity contribution in [2.45, 2.75) is 16.7 Å². The van der Waals surface area contributed by atoms with Crippen molar-refractivity contribution in [3.8, 4) is 0 Å². The highest BCUT2D eigenvalue weighted by Gasteiger charge is 2.11. The lowest BCUT2D eigenvalue weighted by Gasteiger charge is -2.13. The van der Waals surface area contributed by atoms with Crippen molar-refractivity contribution in [1.82, 2.24) is 0 Å². The normalized spacial score (nSPS) is 12.1. The lowest BCUT2D eigenvalue weighted by Crippen LogP contribution is -2.21. The monoisotopic (exact) mass is 602 g/mol. The molecule has 0 aliphatic rings. The Morgan fingerprint density at radius 1 is 0.643 bits per heavy atom. The Labute approximate surface area is 244 Å². The molecule has 0 fully saturated rings. The third-order valence-corrected chi connectivity index (χ3v) is 8.28. The quantitative estimate of drug-likeness (QED) is 0.139. The Kier molecular flexibility index (Phi) is 7.94. The minimum atomic E-state index is -3.33.